The second-order valence-corrected chi connectivity index (χ2v) is 6.70. The summed E-state index contributed by atoms with van der Waals surface area (Å²) in [6.07, 6.45) is -3.45. The maximum Gasteiger partial charge on any atom is 0.416 e. The van der Waals surface area contributed by atoms with Crippen molar-refractivity contribution in [1.29, 1.82) is 0 Å². The molecule has 28 heavy (non-hydrogen) atoms. The van der Waals surface area contributed by atoms with E-state index in [4.69, 9.17) is 4.74 Å². The summed E-state index contributed by atoms with van der Waals surface area (Å²) in [5, 5.41) is 0. The number of rotatable bonds is 5. The van der Waals surface area contributed by atoms with E-state index in [0.29, 0.717) is 44.0 Å². The van der Waals surface area contributed by atoms with Gasteiger partial charge < -0.3 is 14.5 Å². The minimum absolute atomic E-state index is 0.0780. The lowest BCUT2D eigenvalue weighted by molar-refractivity contribution is -0.137. The first-order chi connectivity index (χ1) is 13.4. The van der Waals surface area contributed by atoms with Gasteiger partial charge >= 0.3 is 6.18 Å². The van der Waals surface area contributed by atoms with Crippen LogP contribution in [-0.2, 0) is 6.18 Å². The number of piperazine rings is 1. The van der Waals surface area contributed by atoms with Gasteiger partial charge in [-0.3, -0.25) is 4.79 Å². The molecule has 0 bridgehead atoms. The molecule has 0 saturated carbocycles. The average molecular weight is 392 g/mol. The molecule has 0 unspecified atom stereocenters. The number of carbonyl (C=O) groups excluding carboxylic acids is 1. The van der Waals surface area contributed by atoms with E-state index >= 15 is 0 Å². The molecular weight excluding hydrogens is 369 g/mol. The van der Waals surface area contributed by atoms with Crippen molar-refractivity contribution >= 4 is 11.6 Å². The van der Waals surface area contributed by atoms with E-state index in [9.17, 15) is 18.0 Å². The number of anilines is 1. The van der Waals surface area contributed by atoms with E-state index in [2.05, 4.69) is 0 Å². The number of amides is 1. The van der Waals surface area contributed by atoms with Crippen LogP contribution in [0.3, 0.4) is 0 Å². The van der Waals surface area contributed by atoms with E-state index in [1.54, 1.807) is 35.2 Å². The summed E-state index contributed by atoms with van der Waals surface area (Å²) in [5.74, 6) is 0.651. The Morgan fingerprint density at radius 2 is 1.71 bits per heavy atom. The third-order valence-electron chi connectivity index (χ3n) is 4.68. The van der Waals surface area contributed by atoms with Crippen LogP contribution in [0.4, 0.5) is 18.9 Å². The van der Waals surface area contributed by atoms with Crippen molar-refractivity contribution in [1.82, 2.24) is 4.90 Å². The molecule has 0 aromatic heterocycles. The van der Waals surface area contributed by atoms with Crippen molar-refractivity contribution < 1.29 is 22.7 Å². The predicted octanol–water partition coefficient (Wildman–Crippen LogP) is 4.46. The van der Waals surface area contributed by atoms with E-state index in [1.807, 2.05) is 11.8 Å². The van der Waals surface area contributed by atoms with Crippen LogP contribution in [0.2, 0.25) is 0 Å². The van der Waals surface area contributed by atoms with Crippen LogP contribution >= 0.6 is 0 Å². The van der Waals surface area contributed by atoms with Gasteiger partial charge in [0.05, 0.1) is 12.2 Å². The number of hydrogen-bond acceptors (Lipinski definition) is 3. The summed E-state index contributed by atoms with van der Waals surface area (Å²) in [6.45, 7) is 4.56. The van der Waals surface area contributed by atoms with Gasteiger partial charge in [-0.05, 0) is 48.9 Å². The van der Waals surface area contributed by atoms with Crippen LogP contribution in [0, 0.1) is 0 Å². The molecule has 1 aliphatic heterocycles. The molecule has 0 atom stereocenters. The monoisotopic (exact) mass is 392 g/mol. The number of benzene rings is 2. The molecule has 0 spiro atoms. The average Bonchev–Trinajstić information content (AvgIpc) is 2.72. The van der Waals surface area contributed by atoms with Gasteiger partial charge in [-0.2, -0.15) is 13.2 Å². The fourth-order valence-corrected chi connectivity index (χ4v) is 3.14. The lowest BCUT2D eigenvalue weighted by Crippen LogP contribution is -2.48. The maximum absolute atomic E-state index is 12.9. The molecule has 0 aliphatic carbocycles. The highest BCUT2D eigenvalue weighted by Gasteiger charge is 2.31. The number of hydrogen-bond donors (Lipinski definition) is 0. The third-order valence-corrected chi connectivity index (χ3v) is 4.68. The minimum atomic E-state index is -4.36. The zero-order valence-electron chi connectivity index (χ0n) is 15.7. The van der Waals surface area contributed by atoms with Gasteiger partial charge in [0.15, 0.2) is 0 Å². The quantitative estimate of drug-likeness (QED) is 0.753. The molecule has 1 amide bonds. The van der Waals surface area contributed by atoms with Crippen molar-refractivity contribution in [3.63, 3.8) is 0 Å². The number of ether oxygens (including phenoxy) is 1. The van der Waals surface area contributed by atoms with Crippen LogP contribution in [0.1, 0.15) is 29.3 Å². The lowest BCUT2D eigenvalue weighted by atomic mass is 10.1. The Hall–Kier alpha value is -2.70. The first kappa shape index (κ1) is 20.0. The SMILES string of the molecule is CCCOc1ccc(C(=O)N2CCN(c3cccc(C(F)(F)F)c3)CC2)cc1. The highest BCUT2D eigenvalue weighted by molar-refractivity contribution is 5.94. The molecule has 0 N–H and O–H groups in total. The van der Waals surface area contributed by atoms with Crippen molar-refractivity contribution in [3.05, 3.63) is 59.7 Å². The first-order valence-electron chi connectivity index (χ1n) is 9.33. The fourth-order valence-electron chi connectivity index (χ4n) is 3.14. The standard InChI is InChI=1S/C21H23F3N2O2/c1-2-14-28-19-8-6-16(7-9-19)20(27)26-12-10-25(11-13-26)18-5-3-4-17(15-18)21(22,23)24/h3-9,15H,2,10-14H2,1H3. The summed E-state index contributed by atoms with van der Waals surface area (Å²) in [6, 6.07) is 12.4. The van der Waals surface area contributed by atoms with Crippen molar-refractivity contribution in [2.24, 2.45) is 0 Å². The van der Waals surface area contributed by atoms with Crippen LogP contribution in [0.25, 0.3) is 0 Å². The molecule has 1 fully saturated rings. The molecule has 2 aromatic rings. The Labute approximate surface area is 162 Å². The van der Waals surface area contributed by atoms with Crippen molar-refractivity contribution in [3.8, 4) is 5.75 Å². The van der Waals surface area contributed by atoms with Crippen molar-refractivity contribution in [2.45, 2.75) is 19.5 Å². The number of alkyl halides is 3. The third kappa shape index (κ3) is 4.77. The largest absolute Gasteiger partial charge is 0.494 e. The number of nitrogens with zero attached hydrogens (tertiary/aromatic N) is 2. The van der Waals surface area contributed by atoms with Crippen LogP contribution in [0.15, 0.2) is 48.5 Å². The zero-order valence-corrected chi connectivity index (χ0v) is 15.7. The molecule has 2 aromatic carbocycles. The molecule has 1 saturated heterocycles. The Morgan fingerprint density at radius 1 is 1.04 bits per heavy atom. The number of carbonyl (C=O) groups is 1. The topological polar surface area (TPSA) is 32.8 Å². The first-order valence-corrected chi connectivity index (χ1v) is 9.33. The molecular formula is C21H23F3N2O2. The van der Waals surface area contributed by atoms with Crippen molar-refractivity contribution in [2.75, 3.05) is 37.7 Å². The number of halogens is 3. The zero-order chi connectivity index (χ0) is 20.1. The van der Waals surface area contributed by atoms with Gasteiger partial charge in [-0.1, -0.05) is 13.0 Å². The summed E-state index contributed by atoms with van der Waals surface area (Å²) < 4.78 is 44.2. The minimum Gasteiger partial charge on any atom is -0.494 e. The molecule has 4 nitrogen and oxygen atoms in total. The van der Waals surface area contributed by atoms with E-state index in [-0.39, 0.29) is 5.91 Å². The van der Waals surface area contributed by atoms with Crippen LogP contribution in [0.5, 0.6) is 5.75 Å². The summed E-state index contributed by atoms with van der Waals surface area (Å²) in [5.41, 5.74) is 0.449. The van der Waals surface area contributed by atoms with Gasteiger partial charge in [-0.25, -0.2) is 0 Å². The van der Waals surface area contributed by atoms with Gasteiger partial charge in [0.1, 0.15) is 5.75 Å². The molecule has 0 radical (unpaired) electrons. The molecule has 150 valence electrons. The summed E-state index contributed by atoms with van der Waals surface area (Å²) >= 11 is 0. The molecule has 7 heteroatoms. The Kier molecular flexibility index (Phi) is 6.11. The second-order valence-electron chi connectivity index (χ2n) is 6.70. The smallest absolute Gasteiger partial charge is 0.416 e. The van der Waals surface area contributed by atoms with E-state index < -0.39 is 11.7 Å². The van der Waals surface area contributed by atoms with Gasteiger partial charge in [-0.15, -0.1) is 0 Å². The highest BCUT2D eigenvalue weighted by Crippen LogP contribution is 2.32. The highest BCUT2D eigenvalue weighted by atomic mass is 19.4. The Bertz CT molecular complexity index is 798. The fraction of sp³-hybridized carbons (Fsp3) is 0.381. The van der Waals surface area contributed by atoms with Crippen LogP contribution < -0.4 is 9.64 Å². The van der Waals surface area contributed by atoms with Gasteiger partial charge in [0, 0.05) is 37.4 Å². The summed E-state index contributed by atoms with van der Waals surface area (Å²) in [7, 11) is 0. The van der Waals surface area contributed by atoms with E-state index in [0.717, 1.165) is 24.3 Å². The van der Waals surface area contributed by atoms with Gasteiger partial charge in [0.25, 0.3) is 5.91 Å². The molecule has 1 aliphatic rings. The van der Waals surface area contributed by atoms with E-state index in [1.165, 1.54) is 6.07 Å². The normalized spacial score (nSPS) is 14.9. The molecule has 1 heterocycles. The Balaban J connectivity index is 1.60. The van der Waals surface area contributed by atoms with Gasteiger partial charge in [0.2, 0.25) is 0 Å². The predicted molar refractivity (Wildman–Crippen MR) is 102 cm³/mol. The summed E-state index contributed by atoms with van der Waals surface area (Å²) in [4.78, 5) is 16.3. The van der Waals surface area contributed by atoms with Crippen LogP contribution in [-0.4, -0.2) is 43.6 Å². The maximum atomic E-state index is 12.9. The molecule has 3 rings (SSSR count). The lowest BCUT2D eigenvalue weighted by Gasteiger charge is -2.36. The Morgan fingerprint density at radius 3 is 2.32 bits per heavy atom. The second kappa shape index (κ2) is 8.54.